The molecule has 0 atom stereocenters. The largest absolute Gasteiger partial charge is 0.456 e. The zero-order valence-corrected chi connectivity index (χ0v) is 24.9. The van der Waals surface area contributed by atoms with E-state index in [1.807, 2.05) is 0 Å². The lowest BCUT2D eigenvalue weighted by atomic mass is 9.91. The number of anilines is 3. The lowest BCUT2D eigenvalue weighted by molar-refractivity contribution is 0.669. The Morgan fingerprint density at radius 3 is 1.48 bits per heavy atom. The van der Waals surface area contributed by atoms with E-state index in [9.17, 15) is 16.4 Å². The minimum absolute atomic E-state index is 0.355. The predicted molar refractivity (Wildman–Crippen MR) is 210 cm³/mol. The topological polar surface area (TPSA) is 16.4 Å². The quantitative estimate of drug-likeness (QED) is 0.168. The van der Waals surface area contributed by atoms with Crippen LogP contribution in [0.1, 0.15) is 45.2 Å². The van der Waals surface area contributed by atoms with Crippen molar-refractivity contribution in [1.29, 1.82) is 0 Å². The molecule has 0 radical (unpaired) electrons. The van der Waals surface area contributed by atoms with E-state index in [1.54, 1.807) is 0 Å². The SMILES string of the molecule is [2H]c1c([2H])c([2H])c(-c2c([2H])c([2H])c(N(c3c([2H])c([2H])c(-c4c([2H])c([2H])c(-c5c([2H])c([2H])c([2H])c([2H])c5[2H])c(-c5c([2H])c([2H])c([2H])c([2H])c5[2H])c4[2H])c([2H])c3[2H])c3c([2H])c([2H])c([2H])c4oc5c([2H])c([2H])c([2H])c([2H])c5c34)c([2H])c2[2H])c([2H])c1[2H]. The molecule has 9 rings (SSSR count). The van der Waals surface area contributed by atoms with E-state index < -0.39 is 283 Å². The maximum Gasteiger partial charge on any atom is 0.137 e. The Hall–Kier alpha value is -6.64. The van der Waals surface area contributed by atoms with Crippen molar-refractivity contribution in [3.8, 4) is 44.5 Å². The van der Waals surface area contributed by atoms with Crippen LogP contribution in [0.5, 0.6) is 0 Å². The minimum atomic E-state index is -1.37. The van der Waals surface area contributed by atoms with Crippen molar-refractivity contribution in [2.75, 3.05) is 4.90 Å². The first kappa shape index (κ1) is 10.9. The lowest BCUT2D eigenvalue weighted by Crippen LogP contribution is -2.10. The van der Waals surface area contributed by atoms with Gasteiger partial charge in [0, 0.05) is 16.8 Å². The van der Waals surface area contributed by atoms with E-state index in [1.165, 1.54) is 0 Å². The van der Waals surface area contributed by atoms with Crippen LogP contribution in [0, 0.1) is 0 Å². The molecule has 0 unspecified atom stereocenters. The second kappa shape index (κ2) is 12.8. The second-order valence-corrected chi connectivity index (χ2v) is 10.0. The van der Waals surface area contributed by atoms with Crippen molar-refractivity contribution < 1.29 is 49.7 Å². The number of hydrogen-bond donors (Lipinski definition) is 0. The van der Waals surface area contributed by atoms with Gasteiger partial charge >= 0.3 is 0 Å². The summed E-state index contributed by atoms with van der Waals surface area (Å²) >= 11 is 0. The van der Waals surface area contributed by atoms with Crippen LogP contribution in [0.4, 0.5) is 17.1 Å². The first-order valence-electron chi connectivity index (χ1n) is 30.8. The smallest absolute Gasteiger partial charge is 0.137 e. The summed E-state index contributed by atoms with van der Waals surface area (Å²) in [5.41, 5.74) is -12.6. The third-order valence-corrected chi connectivity index (χ3v) is 7.13. The van der Waals surface area contributed by atoms with Gasteiger partial charge in [0.25, 0.3) is 0 Å². The van der Waals surface area contributed by atoms with Crippen molar-refractivity contribution >= 4 is 39.0 Å². The summed E-state index contributed by atoms with van der Waals surface area (Å²) in [7, 11) is 0. The molecule has 0 aliphatic carbocycles. The van der Waals surface area contributed by atoms with Crippen LogP contribution in [-0.2, 0) is 0 Å². The van der Waals surface area contributed by atoms with Crippen LogP contribution in [0.15, 0.2) is 204 Å². The van der Waals surface area contributed by atoms with Gasteiger partial charge in [0.05, 0.1) is 56.3 Å². The molecule has 1 heterocycles. The van der Waals surface area contributed by atoms with E-state index in [0.717, 1.165) is 0 Å². The molecule has 0 amide bonds. The van der Waals surface area contributed by atoms with Crippen LogP contribution < -0.4 is 4.90 Å². The third-order valence-electron chi connectivity index (χ3n) is 7.13. The molecule has 2 heteroatoms. The molecule has 50 heavy (non-hydrogen) atoms. The Morgan fingerprint density at radius 2 is 0.840 bits per heavy atom. The van der Waals surface area contributed by atoms with Gasteiger partial charge in [-0.2, -0.15) is 0 Å². The number of rotatable bonds is 7. The zero-order valence-electron chi connectivity index (χ0n) is 57.9. The number of para-hydroxylation sites is 1. The Bertz CT molecular complexity index is 4350. The maximum absolute atomic E-state index is 9.74. The van der Waals surface area contributed by atoms with E-state index in [2.05, 4.69) is 0 Å². The fourth-order valence-corrected chi connectivity index (χ4v) is 4.96. The highest BCUT2D eigenvalue weighted by atomic mass is 16.3. The van der Waals surface area contributed by atoms with Gasteiger partial charge in [-0.25, -0.2) is 0 Å². The van der Waals surface area contributed by atoms with Crippen LogP contribution in [0.2, 0.25) is 0 Å². The fraction of sp³-hybridized carbons (Fsp3) is 0. The average molecular weight is 673 g/mol. The molecule has 2 nitrogen and oxygen atoms in total. The molecular formula is C48H33NO. The van der Waals surface area contributed by atoms with Gasteiger partial charge in [0.2, 0.25) is 0 Å². The highest BCUT2D eigenvalue weighted by Gasteiger charge is 2.20. The average Bonchev–Trinajstić information content (AvgIpc) is 2.50. The Balaban J connectivity index is 1.50. The summed E-state index contributed by atoms with van der Waals surface area (Å²) in [6, 6.07) is -36.1. The summed E-state index contributed by atoms with van der Waals surface area (Å²) in [6.45, 7) is 0. The van der Waals surface area contributed by atoms with E-state index >= 15 is 0 Å². The Labute approximate surface area is 338 Å². The summed E-state index contributed by atoms with van der Waals surface area (Å²) < 4.78 is 300. The van der Waals surface area contributed by atoms with Crippen molar-refractivity contribution in [3.05, 3.63) is 199 Å². The molecule has 0 saturated heterocycles. The highest BCUT2D eigenvalue weighted by molar-refractivity contribution is 6.13. The van der Waals surface area contributed by atoms with E-state index in [0.29, 0.717) is 4.90 Å². The molecule has 8 aromatic carbocycles. The van der Waals surface area contributed by atoms with Crippen LogP contribution in [0.3, 0.4) is 0 Å². The van der Waals surface area contributed by atoms with Gasteiger partial charge in [-0.1, -0.05) is 151 Å². The number of nitrogens with zero attached hydrogens (tertiary/aromatic N) is 1. The van der Waals surface area contributed by atoms with Crippen LogP contribution >= 0.6 is 0 Å². The maximum atomic E-state index is 9.74. The molecule has 0 N–H and O–H groups in total. The third kappa shape index (κ3) is 5.43. The first-order valence-corrected chi connectivity index (χ1v) is 14.3. The monoisotopic (exact) mass is 672 g/mol. The van der Waals surface area contributed by atoms with Gasteiger partial charge in [-0.3, -0.25) is 0 Å². The Morgan fingerprint density at radius 1 is 0.360 bits per heavy atom. The highest BCUT2D eigenvalue weighted by Crippen LogP contribution is 2.44. The summed E-state index contributed by atoms with van der Waals surface area (Å²) in [6.07, 6.45) is 0. The molecule has 0 bridgehead atoms. The summed E-state index contributed by atoms with van der Waals surface area (Å²) in [5.74, 6) is 0. The van der Waals surface area contributed by atoms with Crippen molar-refractivity contribution in [2.24, 2.45) is 0 Å². The van der Waals surface area contributed by atoms with Gasteiger partial charge in [-0.05, 0) is 92.8 Å². The van der Waals surface area contributed by atoms with Crippen LogP contribution in [-0.4, -0.2) is 0 Å². The number of fused-ring (bicyclic) bond motifs is 3. The molecule has 0 aliphatic rings. The summed E-state index contributed by atoms with van der Waals surface area (Å²) in [4.78, 5) is 0.355. The molecule has 9 aromatic rings. The number of benzene rings is 8. The molecule has 0 aliphatic heterocycles. The van der Waals surface area contributed by atoms with Crippen molar-refractivity contribution in [3.63, 3.8) is 0 Å². The molecule has 0 saturated carbocycles. The van der Waals surface area contributed by atoms with E-state index in [4.69, 9.17) is 33.2 Å². The van der Waals surface area contributed by atoms with Gasteiger partial charge in [0.15, 0.2) is 0 Å². The number of hydrogen-bond acceptors (Lipinski definition) is 2. The summed E-state index contributed by atoms with van der Waals surface area (Å²) in [5, 5.41) is -1.40. The molecule has 0 fully saturated rings. The van der Waals surface area contributed by atoms with Gasteiger partial charge < -0.3 is 9.32 Å². The zero-order chi connectivity index (χ0) is 62.0. The molecular weight excluding hydrogens is 607 g/mol. The van der Waals surface area contributed by atoms with Gasteiger partial charge in [-0.15, -0.1) is 0 Å². The number of furan rings is 1. The normalized spacial score (nSPS) is 20.4. The predicted octanol–water partition coefficient (Wildman–Crippen LogP) is 13.7. The molecule has 236 valence electrons. The second-order valence-electron chi connectivity index (χ2n) is 10.0. The first-order chi connectivity index (χ1) is 38.5. The van der Waals surface area contributed by atoms with Gasteiger partial charge in [0.1, 0.15) is 11.2 Å². The Kier molecular flexibility index (Phi) is 2.79. The lowest BCUT2D eigenvalue weighted by Gasteiger charge is -2.26. The molecule has 1 aromatic heterocycles. The standard InChI is InChI=1S/C48H33NO/c1-4-13-34(14-5-1)35-23-28-40(29-24-35)49(45-20-12-22-47-48(45)43-19-10-11-21-46(43)50-47)41-30-25-36(26-31-41)39-27-32-42(37-15-6-2-7-16-37)44(33-39)38-17-8-3-9-18-38/h1-33H/i1D,2D,3D,4D,5D,6D,7D,8D,9D,10D,11D,12D,13D,14D,15D,16D,17D,18D,19D,20D,21D,22D,23D,24D,25D,26D,27D,28D,29D,30D,31D,32D,33D. The van der Waals surface area contributed by atoms with Crippen LogP contribution in [0.25, 0.3) is 66.4 Å². The van der Waals surface area contributed by atoms with E-state index in [-0.39, 0.29) is 0 Å². The molecule has 0 spiro atoms. The van der Waals surface area contributed by atoms with Crippen molar-refractivity contribution in [2.45, 2.75) is 0 Å². The fourth-order valence-electron chi connectivity index (χ4n) is 4.96. The minimum Gasteiger partial charge on any atom is -0.456 e. The van der Waals surface area contributed by atoms with Crippen molar-refractivity contribution in [1.82, 2.24) is 0 Å².